The Bertz CT molecular complexity index is 595. The summed E-state index contributed by atoms with van der Waals surface area (Å²) in [6.45, 7) is 7.33. The molecular weight excluding hydrogens is 308 g/mol. The van der Waals surface area contributed by atoms with Crippen LogP contribution in [0.5, 0.6) is 0 Å². The van der Waals surface area contributed by atoms with Crippen molar-refractivity contribution in [1.29, 1.82) is 5.26 Å². The lowest BCUT2D eigenvalue weighted by molar-refractivity contribution is -0.137. The standard InChI is InChI=1S/C22H34N2O/c1-14(10-13-23)16-5-6-17-15-4-7-19-22(3,12-9-20(25)24-19)18(15)8-11-21(16,17)2/h14-19H,4-12H2,1-3H3,(H,24,25). The molecule has 3 aliphatic carbocycles. The van der Waals surface area contributed by atoms with Crippen molar-refractivity contribution in [2.24, 2.45) is 40.4 Å². The molecular formula is C22H34N2O. The van der Waals surface area contributed by atoms with Crippen LogP contribution in [-0.2, 0) is 4.79 Å². The van der Waals surface area contributed by atoms with Gasteiger partial charge < -0.3 is 5.32 Å². The highest BCUT2D eigenvalue weighted by Gasteiger charge is 2.60. The van der Waals surface area contributed by atoms with E-state index in [2.05, 4.69) is 32.2 Å². The molecule has 4 rings (SSSR count). The van der Waals surface area contributed by atoms with Crippen LogP contribution >= 0.6 is 0 Å². The molecule has 0 spiro atoms. The third kappa shape index (κ3) is 2.47. The molecule has 1 N–H and O–H groups in total. The number of carbonyl (C=O) groups excluding carboxylic acids is 1. The number of hydrogen-bond donors (Lipinski definition) is 1. The molecule has 0 aromatic rings. The van der Waals surface area contributed by atoms with Gasteiger partial charge in [-0.05, 0) is 85.4 Å². The van der Waals surface area contributed by atoms with E-state index in [1.54, 1.807) is 0 Å². The average molecular weight is 343 g/mol. The Labute approximate surface area is 152 Å². The first-order chi connectivity index (χ1) is 11.9. The molecule has 8 atom stereocenters. The predicted molar refractivity (Wildman–Crippen MR) is 98.4 cm³/mol. The van der Waals surface area contributed by atoms with Gasteiger partial charge in [0, 0.05) is 18.9 Å². The van der Waals surface area contributed by atoms with Gasteiger partial charge in [-0.3, -0.25) is 4.79 Å². The molecule has 4 fully saturated rings. The average Bonchev–Trinajstić information content (AvgIpc) is 2.93. The van der Waals surface area contributed by atoms with Crippen LogP contribution in [0.25, 0.3) is 0 Å². The second-order valence-corrected chi connectivity index (χ2v) is 10.1. The molecule has 1 aliphatic heterocycles. The van der Waals surface area contributed by atoms with Crippen molar-refractivity contribution in [3.8, 4) is 6.07 Å². The fourth-order valence-electron chi connectivity index (χ4n) is 7.96. The predicted octanol–water partition coefficient (Wildman–Crippen LogP) is 4.67. The van der Waals surface area contributed by atoms with Gasteiger partial charge in [0.15, 0.2) is 0 Å². The lowest BCUT2D eigenvalue weighted by Crippen LogP contribution is -2.61. The van der Waals surface area contributed by atoms with E-state index in [0.29, 0.717) is 29.2 Å². The highest BCUT2D eigenvalue weighted by molar-refractivity contribution is 5.77. The first-order valence-electron chi connectivity index (χ1n) is 10.6. The van der Waals surface area contributed by atoms with E-state index in [9.17, 15) is 4.79 Å². The van der Waals surface area contributed by atoms with Crippen molar-refractivity contribution in [2.75, 3.05) is 0 Å². The maximum absolute atomic E-state index is 11.9. The van der Waals surface area contributed by atoms with Crippen LogP contribution in [0.3, 0.4) is 0 Å². The van der Waals surface area contributed by atoms with E-state index in [1.165, 1.54) is 38.5 Å². The molecule has 0 bridgehead atoms. The smallest absolute Gasteiger partial charge is 0.220 e. The molecule has 1 amide bonds. The maximum atomic E-state index is 11.9. The van der Waals surface area contributed by atoms with Crippen LogP contribution < -0.4 is 5.32 Å². The van der Waals surface area contributed by atoms with E-state index in [-0.39, 0.29) is 5.91 Å². The van der Waals surface area contributed by atoms with Crippen molar-refractivity contribution in [2.45, 2.75) is 84.6 Å². The first kappa shape index (κ1) is 17.4. The minimum atomic E-state index is 0.271. The number of carbonyl (C=O) groups is 1. The van der Waals surface area contributed by atoms with Gasteiger partial charge in [-0.1, -0.05) is 20.8 Å². The summed E-state index contributed by atoms with van der Waals surface area (Å²) in [6.07, 6.45) is 10.3. The van der Waals surface area contributed by atoms with Gasteiger partial charge >= 0.3 is 0 Å². The lowest BCUT2D eigenvalue weighted by atomic mass is 9.46. The van der Waals surface area contributed by atoms with Gasteiger partial charge in [0.25, 0.3) is 0 Å². The van der Waals surface area contributed by atoms with Gasteiger partial charge in [-0.2, -0.15) is 5.26 Å². The van der Waals surface area contributed by atoms with Crippen molar-refractivity contribution in [1.82, 2.24) is 5.32 Å². The van der Waals surface area contributed by atoms with Gasteiger partial charge in [0.05, 0.1) is 6.07 Å². The van der Waals surface area contributed by atoms with Crippen molar-refractivity contribution < 1.29 is 4.79 Å². The minimum absolute atomic E-state index is 0.271. The van der Waals surface area contributed by atoms with Crippen LogP contribution in [0.2, 0.25) is 0 Å². The molecule has 8 unspecified atom stereocenters. The number of amides is 1. The van der Waals surface area contributed by atoms with Gasteiger partial charge in [-0.25, -0.2) is 0 Å². The van der Waals surface area contributed by atoms with Crippen LogP contribution in [0.4, 0.5) is 0 Å². The van der Waals surface area contributed by atoms with Crippen LogP contribution in [0.15, 0.2) is 0 Å². The minimum Gasteiger partial charge on any atom is -0.353 e. The number of fused-ring (bicyclic) bond motifs is 5. The van der Waals surface area contributed by atoms with E-state index < -0.39 is 0 Å². The summed E-state index contributed by atoms with van der Waals surface area (Å²) >= 11 is 0. The number of nitrogens with one attached hydrogen (secondary N) is 1. The monoisotopic (exact) mass is 342 g/mol. The Morgan fingerprint density at radius 2 is 1.88 bits per heavy atom. The Morgan fingerprint density at radius 3 is 2.64 bits per heavy atom. The molecule has 1 saturated heterocycles. The van der Waals surface area contributed by atoms with E-state index in [4.69, 9.17) is 5.26 Å². The molecule has 1 heterocycles. The summed E-state index contributed by atoms with van der Waals surface area (Å²) in [4.78, 5) is 11.9. The number of piperidine rings is 1. The van der Waals surface area contributed by atoms with Gasteiger partial charge in [0.2, 0.25) is 5.91 Å². The largest absolute Gasteiger partial charge is 0.353 e. The highest BCUT2D eigenvalue weighted by atomic mass is 16.1. The second kappa shape index (κ2) is 6.00. The zero-order chi connectivity index (χ0) is 17.8. The fourth-order valence-corrected chi connectivity index (χ4v) is 7.96. The van der Waals surface area contributed by atoms with Crippen molar-refractivity contribution in [3.05, 3.63) is 0 Å². The first-order valence-corrected chi connectivity index (χ1v) is 10.6. The molecule has 0 radical (unpaired) electrons. The molecule has 0 aromatic heterocycles. The van der Waals surface area contributed by atoms with Crippen molar-refractivity contribution >= 4 is 5.91 Å². The Kier molecular flexibility index (Phi) is 4.17. The van der Waals surface area contributed by atoms with Crippen molar-refractivity contribution in [3.63, 3.8) is 0 Å². The zero-order valence-electron chi connectivity index (χ0n) is 16.2. The van der Waals surface area contributed by atoms with Crippen LogP contribution in [0.1, 0.15) is 78.6 Å². The summed E-state index contributed by atoms with van der Waals surface area (Å²) in [7, 11) is 0. The van der Waals surface area contributed by atoms with Gasteiger partial charge in [-0.15, -0.1) is 0 Å². The number of hydrogen-bond acceptors (Lipinski definition) is 2. The zero-order valence-corrected chi connectivity index (χ0v) is 16.2. The van der Waals surface area contributed by atoms with Crippen LogP contribution in [0, 0.1) is 51.8 Å². The quantitative estimate of drug-likeness (QED) is 0.792. The molecule has 0 aromatic carbocycles. The summed E-state index contributed by atoms with van der Waals surface area (Å²) in [6, 6.07) is 2.83. The Hall–Kier alpha value is -1.04. The number of nitrogens with zero attached hydrogens (tertiary/aromatic N) is 1. The number of nitriles is 1. The normalized spacial score (nSPS) is 50.0. The highest BCUT2D eigenvalue weighted by Crippen LogP contribution is 2.66. The maximum Gasteiger partial charge on any atom is 0.220 e. The summed E-state index contributed by atoms with van der Waals surface area (Å²) < 4.78 is 0. The second-order valence-electron chi connectivity index (χ2n) is 10.1. The van der Waals surface area contributed by atoms with E-state index in [1.807, 2.05) is 0 Å². The molecule has 3 saturated carbocycles. The van der Waals surface area contributed by atoms with E-state index in [0.717, 1.165) is 36.5 Å². The molecule has 138 valence electrons. The summed E-state index contributed by atoms with van der Waals surface area (Å²) in [5.41, 5.74) is 0.757. The third-order valence-corrected chi connectivity index (χ3v) is 9.27. The molecule has 4 aliphatic rings. The van der Waals surface area contributed by atoms with E-state index >= 15 is 0 Å². The summed E-state index contributed by atoms with van der Waals surface area (Å²) in [5.74, 6) is 4.01. The van der Waals surface area contributed by atoms with Gasteiger partial charge in [0.1, 0.15) is 0 Å². The fraction of sp³-hybridized carbons (Fsp3) is 0.909. The Balaban J connectivity index is 1.58. The summed E-state index contributed by atoms with van der Waals surface area (Å²) in [5, 5.41) is 12.5. The topological polar surface area (TPSA) is 52.9 Å². The van der Waals surface area contributed by atoms with Crippen LogP contribution in [-0.4, -0.2) is 11.9 Å². The number of rotatable bonds is 2. The molecule has 3 heteroatoms. The molecule has 25 heavy (non-hydrogen) atoms. The molecule has 3 nitrogen and oxygen atoms in total. The Morgan fingerprint density at radius 1 is 1.12 bits per heavy atom. The SMILES string of the molecule is CC(CC#N)C1CCC2C3CCC4NC(=O)CCC4(C)C3CCC12C. The lowest BCUT2D eigenvalue weighted by Gasteiger charge is -2.60. The third-order valence-electron chi connectivity index (χ3n) is 9.27.